The molecule has 1 aliphatic rings. The first-order valence-electron chi connectivity index (χ1n) is 6.30. The molecule has 1 aliphatic carbocycles. The van der Waals surface area contributed by atoms with E-state index in [2.05, 4.69) is 23.2 Å². The van der Waals surface area contributed by atoms with Crippen LogP contribution in [0.2, 0.25) is 0 Å². The Morgan fingerprint density at radius 3 is 2.88 bits per heavy atom. The van der Waals surface area contributed by atoms with Crippen LogP contribution < -0.4 is 0 Å². The molecule has 3 rings (SSSR count). The summed E-state index contributed by atoms with van der Waals surface area (Å²) in [6, 6.07) is 8.31. The molecule has 1 unspecified atom stereocenters. The molecule has 1 atom stereocenters. The van der Waals surface area contributed by atoms with Crippen LogP contribution in [0.1, 0.15) is 30.7 Å². The largest absolute Gasteiger partial charge is 0.241 e. The summed E-state index contributed by atoms with van der Waals surface area (Å²) in [5.41, 5.74) is 1.11. The van der Waals surface area contributed by atoms with Crippen molar-refractivity contribution in [2.45, 2.75) is 37.5 Å². The Morgan fingerprint density at radius 2 is 2.18 bits per heavy atom. The predicted octanol–water partition coefficient (Wildman–Crippen LogP) is 4.64. The Bertz CT molecular complexity index is 471. The Hall–Kier alpha value is -0.600. The van der Waals surface area contributed by atoms with Crippen LogP contribution in [-0.2, 0) is 6.42 Å². The molecule has 3 heteroatoms. The van der Waals surface area contributed by atoms with Crippen LogP contribution in [0.4, 0.5) is 0 Å². The molecular formula is C14H16ClNS. The molecule has 0 spiro atoms. The van der Waals surface area contributed by atoms with E-state index in [0.29, 0.717) is 0 Å². The molecule has 0 amide bonds. The molecule has 0 aliphatic heterocycles. The predicted molar refractivity (Wildman–Crippen MR) is 74.9 cm³/mol. The lowest BCUT2D eigenvalue weighted by Crippen LogP contribution is -2.17. The third-order valence-electron chi connectivity index (χ3n) is 3.55. The standard InChI is InChI=1S/C14H16ClNS/c15-11(8-10-4-3-5-10)9-14-16-12-6-1-2-7-13(12)17-14/h1-2,6-7,10-11H,3-5,8-9H2. The highest BCUT2D eigenvalue weighted by atomic mass is 35.5. The Balaban J connectivity index is 1.66. The number of nitrogens with zero attached hydrogens (tertiary/aromatic N) is 1. The number of para-hydroxylation sites is 1. The fraction of sp³-hybridized carbons (Fsp3) is 0.500. The second-order valence-corrected chi connectivity index (χ2v) is 6.64. The second-order valence-electron chi connectivity index (χ2n) is 4.91. The topological polar surface area (TPSA) is 12.9 Å². The smallest absolute Gasteiger partial charge is 0.0953 e. The third-order valence-corrected chi connectivity index (χ3v) is 4.94. The van der Waals surface area contributed by atoms with Crippen molar-refractivity contribution in [3.8, 4) is 0 Å². The molecule has 1 heterocycles. The molecule has 1 aromatic heterocycles. The monoisotopic (exact) mass is 265 g/mol. The van der Waals surface area contributed by atoms with Crippen LogP contribution in [-0.4, -0.2) is 10.4 Å². The van der Waals surface area contributed by atoms with Gasteiger partial charge in [0, 0.05) is 11.8 Å². The van der Waals surface area contributed by atoms with Crippen LogP contribution in [0.25, 0.3) is 10.2 Å². The minimum atomic E-state index is 0.265. The lowest BCUT2D eigenvalue weighted by molar-refractivity contribution is 0.292. The van der Waals surface area contributed by atoms with E-state index in [-0.39, 0.29) is 5.38 Å². The fourth-order valence-electron chi connectivity index (χ4n) is 2.37. The van der Waals surface area contributed by atoms with Gasteiger partial charge in [-0.3, -0.25) is 0 Å². The Kier molecular flexibility index (Phi) is 3.34. The number of alkyl halides is 1. The zero-order chi connectivity index (χ0) is 11.7. The van der Waals surface area contributed by atoms with Gasteiger partial charge < -0.3 is 0 Å². The molecule has 2 aromatic rings. The van der Waals surface area contributed by atoms with E-state index in [1.807, 2.05) is 6.07 Å². The van der Waals surface area contributed by atoms with Gasteiger partial charge in [0.1, 0.15) is 0 Å². The first-order valence-corrected chi connectivity index (χ1v) is 7.55. The molecule has 1 nitrogen and oxygen atoms in total. The van der Waals surface area contributed by atoms with Gasteiger partial charge in [-0.05, 0) is 24.5 Å². The van der Waals surface area contributed by atoms with Gasteiger partial charge >= 0.3 is 0 Å². The minimum Gasteiger partial charge on any atom is -0.241 e. The summed E-state index contributed by atoms with van der Waals surface area (Å²) in [7, 11) is 0. The van der Waals surface area contributed by atoms with Crippen LogP contribution >= 0.6 is 22.9 Å². The summed E-state index contributed by atoms with van der Waals surface area (Å²) >= 11 is 8.20. The molecular weight excluding hydrogens is 250 g/mol. The van der Waals surface area contributed by atoms with Crippen molar-refractivity contribution in [2.75, 3.05) is 0 Å². The van der Waals surface area contributed by atoms with Crippen molar-refractivity contribution < 1.29 is 0 Å². The van der Waals surface area contributed by atoms with Gasteiger partial charge in [0.05, 0.1) is 15.2 Å². The van der Waals surface area contributed by atoms with Gasteiger partial charge in [0.2, 0.25) is 0 Å². The van der Waals surface area contributed by atoms with E-state index in [0.717, 1.165) is 24.3 Å². The summed E-state index contributed by atoms with van der Waals surface area (Å²) in [5.74, 6) is 0.881. The number of fused-ring (bicyclic) bond motifs is 1. The highest BCUT2D eigenvalue weighted by Crippen LogP contribution is 2.33. The first kappa shape index (κ1) is 11.5. The van der Waals surface area contributed by atoms with Gasteiger partial charge in [-0.2, -0.15) is 0 Å². The number of rotatable bonds is 4. The van der Waals surface area contributed by atoms with E-state index in [4.69, 9.17) is 11.6 Å². The number of hydrogen-bond donors (Lipinski definition) is 0. The van der Waals surface area contributed by atoms with Crippen molar-refractivity contribution in [1.29, 1.82) is 0 Å². The lowest BCUT2D eigenvalue weighted by Gasteiger charge is -2.26. The summed E-state index contributed by atoms with van der Waals surface area (Å²) < 4.78 is 1.27. The van der Waals surface area contributed by atoms with E-state index >= 15 is 0 Å². The Morgan fingerprint density at radius 1 is 1.35 bits per heavy atom. The molecule has 1 saturated carbocycles. The maximum absolute atomic E-state index is 6.42. The number of halogens is 1. The van der Waals surface area contributed by atoms with E-state index < -0.39 is 0 Å². The maximum atomic E-state index is 6.42. The summed E-state index contributed by atoms with van der Waals surface area (Å²) in [5, 5.41) is 1.45. The highest BCUT2D eigenvalue weighted by molar-refractivity contribution is 7.18. The summed E-state index contributed by atoms with van der Waals surface area (Å²) in [6.45, 7) is 0. The minimum absolute atomic E-state index is 0.265. The first-order chi connectivity index (χ1) is 8.31. The summed E-state index contributed by atoms with van der Waals surface area (Å²) in [4.78, 5) is 4.64. The Labute approximate surface area is 111 Å². The molecule has 0 N–H and O–H groups in total. The molecule has 1 aromatic carbocycles. The van der Waals surface area contributed by atoms with Gasteiger partial charge in [-0.25, -0.2) is 4.98 Å². The average molecular weight is 266 g/mol. The number of benzene rings is 1. The lowest BCUT2D eigenvalue weighted by atomic mass is 9.82. The van der Waals surface area contributed by atoms with Crippen molar-refractivity contribution in [3.05, 3.63) is 29.3 Å². The fourth-order valence-corrected chi connectivity index (χ4v) is 3.91. The second kappa shape index (κ2) is 4.95. The SMILES string of the molecule is ClC(Cc1nc2ccccc2s1)CC1CCC1. The van der Waals surface area contributed by atoms with Crippen molar-refractivity contribution in [3.63, 3.8) is 0 Å². The number of aromatic nitrogens is 1. The molecule has 1 fully saturated rings. The quantitative estimate of drug-likeness (QED) is 0.734. The average Bonchev–Trinajstić information content (AvgIpc) is 2.65. The molecule has 0 radical (unpaired) electrons. The molecule has 0 bridgehead atoms. The van der Waals surface area contributed by atoms with Crippen molar-refractivity contribution in [2.24, 2.45) is 5.92 Å². The molecule has 90 valence electrons. The highest BCUT2D eigenvalue weighted by Gasteiger charge is 2.21. The third kappa shape index (κ3) is 2.63. The van der Waals surface area contributed by atoms with Gasteiger partial charge in [0.25, 0.3) is 0 Å². The van der Waals surface area contributed by atoms with Crippen LogP contribution in [0, 0.1) is 5.92 Å². The number of hydrogen-bond acceptors (Lipinski definition) is 2. The van der Waals surface area contributed by atoms with Crippen LogP contribution in [0.3, 0.4) is 0 Å². The van der Waals surface area contributed by atoms with Crippen LogP contribution in [0.5, 0.6) is 0 Å². The van der Waals surface area contributed by atoms with Gasteiger partial charge in [-0.1, -0.05) is 31.4 Å². The van der Waals surface area contributed by atoms with Crippen molar-refractivity contribution >= 4 is 33.2 Å². The van der Waals surface area contributed by atoms with E-state index in [1.54, 1.807) is 11.3 Å². The van der Waals surface area contributed by atoms with Crippen LogP contribution in [0.15, 0.2) is 24.3 Å². The molecule has 17 heavy (non-hydrogen) atoms. The zero-order valence-electron chi connectivity index (χ0n) is 9.73. The van der Waals surface area contributed by atoms with Crippen molar-refractivity contribution in [1.82, 2.24) is 4.98 Å². The van der Waals surface area contributed by atoms with Gasteiger partial charge in [0.15, 0.2) is 0 Å². The van der Waals surface area contributed by atoms with Gasteiger partial charge in [-0.15, -0.1) is 22.9 Å². The normalized spacial score (nSPS) is 18.2. The van der Waals surface area contributed by atoms with E-state index in [1.165, 1.54) is 29.0 Å². The number of thiazole rings is 1. The summed E-state index contributed by atoms with van der Waals surface area (Å²) in [6.07, 6.45) is 6.25. The maximum Gasteiger partial charge on any atom is 0.0953 e. The zero-order valence-corrected chi connectivity index (χ0v) is 11.3. The molecule has 0 saturated heterocycles. The van der Waals surface area contributed by atoms with E-state index in [9.17, 15) is 0 Å².